The van der Waals surface area contributed by atoms with E-state index in [2.05, 4.69) is 38.2 Å². The van der Waals surface area contributed by atoms with Crippen LogP contribution in [0.1, 0.15) is 59.9 Å². The predicted molar refractivity (Wildman–Crippen MR) is 110 cm³/mol. The summed E-state index contributed by atoms with van der Waals surface area (Å²) in [7, 11) is 0. The van der Waals surface area contributed by atoms with E-state index >= 15 is 0 Å². The largest absolute Gasteiger partial charge is 1.00 e. The van der Waals surface area contributed by atoms with Gasteiger partial charge in [-0.3, -0.25) is 0 Å². The Bertz CT molecular complexity index is 400. The molecule has 0 amide bonds. The number of aliphatic hydroxyl groups excluding tert-OH is 2. The molecule has 1 aliphatic heterocycles. The fourth-order valence-electron chi connectivity index (χ4n) is 2.73. The Morgan fingerprint density at radius 3 is 1.88 bits per heavy atom. The Kier molecular flexibility index (Phi) is 22.1. The van der Waals surface area contributed by atoms with Crippen molar-refractivity contribution in [3.05, 3.63) is 34.9 Å². The molecule has 1 aliphatic rings. The Hall–Kier alpha value is 0.390. The number of aliphatic hydroxyl groups is 2. The number of piperidine rings is 1. The molecule has 1 aromatic rings. The standard InChI is InChI=1S/C11H15Cl.C7H15N.C3H8O2.Na.H/c1-2-3-4-5-10-6-8-11(12)9-7-10;1-6-3-7(2)5-8-4-6;4-2-1-3-5;;/h6-9H,2-5H2,1H3;6-8H,3-5H2,1-2H3;4-5H,1-3H2;;/q;;;+1;-1. The van der Waals surface area contributed by atoms with Crippen LogP contribution >= 0.6 is 11.6 Å². The molecule has 0 spiro atoms. The number of hydrogen-bond donors (Lipinski definition) is 3. The zero-order chi connectivity index (χ0) is 18.9. The molecular weight excluding hydrogens is 357 g/mol. The van der Waals surface area contributed by atoms with Crippen molar-refractivity contribution in [3.8, 4) is 0 Å². The molecule has 0 radical (unpaired) electrons. The Morgan fingerprint density at radius 2 is 1.54 bits per heavy atom. The van der Waals surface area contributed by atoms with Crippen LogP contribution in [0.4, 0.5) is 0 Å². The molecule has 0 bridgehead atoms. The van der Waals surface area contributed by atoms with Crippen molar-refractivity contribution >= 4 is 11.6 Å². The van der Waals surface area contributed by atoms with Crippen LogP contribution in [0.3, 0.4) is 0 Å². The molecule has 3 N–H and O–H groups in total. The fraction of sp³-hybridized carbons (Fsp3) is 0.714. The van der Waals surface area contributed by atoms with Gasteiger partial charge in [0, 0.05) is 18.2 Å². The molecule has 2 atom stereocenters. The van der Waals surface area contributed by atoms with Crippen molar-refractivity contribution in [1.29, 1.82) is 0 Å². The average molecular weight is 396 g/mol. The van der Waals surface area contributed by atoms with E-state index in [1.807, 2.05) is 12.1 Å². The Balaban J connectivity index is -0.000000337. The van der Waals surface area contributed by atoms with E-state index in [4.69, 9.17) is 21.8 Å². The molecule has 2 rings (SSSR count). The maximum Gasteiger partial charge on any atom is 1.00 e. The SMILES string of the molecule is CC1CNCC(C)C1.CCCCCc1ccc(Cl)cc1.OCCCO.[H-].[Na+]. The first-order chi connectivity index (χ1) is 12.0. The minimum Gasteiger partial charge on any atom is -1.00 e. The summed E-state index contributed by atoms with van der Waals surface area (Å²) in [6.45, 7) is 9.48. The molecule has 0 saturated carbocycles. The van der Waals surface area contributed by atoms with E-state index in [-0.39, 0.29) is 44.2 Å². The van der Waals surface area contributed by atoms with E-state index < -0.39 is 0 Å². The van der Waals surface area contributed by atoms with Gasteiger partial charge in [-0.05, 0) is 68.3 Å². The summed E-state index contributed by atoms with van der Waals surface area (Å²) in [6.07, 6.45) is 6.99. The first kappa shape index (κ1) is 28.6. The molecule has 1 saturated heterocycles. The monoisotopic (exact) mass is 395 g/mol. The molecule has 1 aromatic carbocycles. The summed E-state index contributed by atoms with van der Waals surface area (Å²) in [5, 5.41) is 20.0. The van der Waals surface area contributed by atoms with Gasteiger partial charge in [0.15, 0.2) is 0 Å². The quantitative estimate of drug-likeness (QED) is 0.508. The Labute approximate surface area is 189 Å². The molecule has 1 heterocycles. The number of nitrogens with one attached hydrogen (secondary N) is 1. The zero-order valence-corrected chi connectivity index (χ0v) is 20.1. The predicted octanol–water partition coefficient (Wildman–Crippen LogP) is 1.80. The van der Waals surface area contributed by atoms with Crippen molar-refractivity contribution in [2.45, 2.75) is 59.3 Å². The number of benzene rings is 1. The second kappa shape index (κ2) is 20.1. The van der Waals surface area contributed by atoms with Gasteiger partial charge in [0.2, 0.25) is 0 Å². The number of halogens is 1. The van der Waals surface area contributed by atoms with Gasteiger partial charge >= 0.3 is 29.6 Å². The van der Waals surface area contributed by atoms with Gasteiger partial charge in [0.1, 0.15) is 0 Å². The maximum absolute atomic E-state index is 7.91. The number of rotatable bonds is 6. The van der Waals surface area contributed by atoms with Crippen LogP contribution in [-0.2, 0) is 6.42 Å². The molecule has 1 fully saturated rings. The van der Waals surface area contributed by atoms with Gasteiger partial charge in [-0.1, -0.05) is 57.3 Å². The zero-order valence-electron chi connectivity index (χ0n) is 18.3. The van der Waals surface area contributed by atoms with Crippen molar-refractivity contribution < 1.29 is 41.2 Å². The molecule has 3 nitrogen and oxygen atoms in total. The van der Waals surface area contributed by atoms with E-state index in [9.17, 15) is 0 Å². The Morgan fingerprint density at radius 1 is 1.00 bits per heavy atom. The van der Waals surface area contributed by atoms with E-state index in [1.54, 1.807) is 0 Å². The molecule has 0 aromatic heterocycles. The van der Waals surface area contributed by atoms with E-state index in [1.165, 1.54) is 50.8 Å². The second-order valence-electron chi connectivity index (χ2n) is 6.99. The first-order valence-electron chi connectivity index (χ1n) is 9.70. The summed E-state index contributed by atoms with van der Waals surface area (Å²) in [5.41, 5.74) is 1.40. The van der Waals surface area contributed by atoms with Gasteiger partial charge in [-0.2, -0.15) is 0 Å². The van der Waals surface area contributed by atoms with Gasteiger partial charge < -0.3 is 17.0 Å². The van der Waals surface area contributed by atoms with Crippen molar-refractivity contribution in [3.63, 3.8) is 0 Å². The van der Waals surface area contributed by atoms with Gasteiger partial charge in [-0.25, -0.2) is 0 Å². The third-order valence-electron chi connectivity index (χ3n) is 4.09. The smallest absolute Gasteiger partial charge is 1.00 e. The molecule has 148 valence electrons. The summed E-state index contributed by atoms with van der Waals surface area (Å²) >= 11 is 5.77. The molecule has 5 heteroatoms. The average Bonchev–Trinajstić information content (AvgIpc) is 2.59. The van der Waals surface area contributed by atoms with Crippen LogP contribution in [0.2, 0.25) is 5.02 Å². The normalized spacial score (nSPS) is 18.5. The number of aryl methyl sites for hydroxylation is 1. The van der Waals surface area contributed by atoms with Crippen LogP contribution in [0.5, 0.6) is 0 Å². The first-order valence-corrected chi connectivity index (χ1v) is 10.1. The van der Waals surface area contributed by atoms with Crippen molar-refractivity contribution in [2.24, 2.45) is 11.8 Å². The summed E-state index contributed by atoms with van der Waals surface area (Å²) in [5.74, 6) is 1.80. The van der Waals surface area contributed by atoms with Crippen LogP contribution in [-0.4, -0.2) is 36.5 Å². The summed E-state index contributed by atoms with van der Waals surface area (Å²) < 4.78 is 0. The molecule has 0 aliphatic carbocycles. The van der Waals surface area contributed by atoms with Crippen molar-refractivity contribution in [2.75, 3.05) is 26.3 Å². The van der Waals surface area contributed by atoms with Crippen LogP contribution < -0.4 is 34.9 Å². The van der Waals surface area contributed by atoms with Crippen LogP contribution in [0.15, 0.2) is 24.3 Å². The number of unbranched alkanes of at least 4 members (excludes halogenated alkanes) is 2. The van der Waals surface area contributed by atoms with E-state index in [0.29, 0.717) is 6.42 Å². The molecular formula is C21H39ClNNaO2. The van der Waals surface area contributed by atoms with Crippen LogP contribution in [0, 0.1) is 11.8 Å². The summed E-state index contributed by atoms with van der Waals surface area (Å²) in [6, 6.07) is 8.14. The third kappa shape index (κ3) is 17.8. The molecule has 2 unspecified atom stereocenters. The summed E-state index contributed by atoms with van der Waals surface area (Å²) in [4.78, 5) is 0. The number of hydrogen-bond acceptors (Lipinski definition) is 3. The van der Waals surface area contributed by atoms with Gasteiger partial charge in [-0.15, -0.1) is 0 Å². The van der Waals surface area contributed by atoms with Crippen molar-refractivity contribution in [1.82, 2.24) is 5.32 Å². The third-order valence-corrected chi connectivity index (χ3v) is 4.34. The fourth-order valence-corrected chi connectivity index (χ4v) is 2.86. The molecule has 26 heavy (non-hydrogen) atoms. The van der Waals surface area contributed by atoms with Crippen LogP contribution in [0.25, 0.3) is 0 Å². The maximum atomic E-state index is 7.91. The van der Waals surface area contributed by atoms with Gasteiger partial charge in [0.05, 0.1) is 0 Å². The van der Waals surface area contributed by atoms with E-state index in [0.717, 1.165) is 16.9 Å². The minimum atomic E-state index is 0. The van der Waals surface area contributed by atoms with Gasteiger partial charge in [0.25, 0.3) is 0 Å². The topological polar surface area (TPSA) is 52.5 Å². The minimum absolute atomic E-state index is 0. The second-order valence-corrected chi connectivity index (χ2v) is 7.43.